The number of amides is 1. The van der Waals surface area contributed by atoms with E-state index in [9.17, 15) is 14.4 Å². The minimum atomic E-state index is -0.387. The zero-order chi connectivity index (χ0) is 24.4. The van der Waals surface area contributed by atoms with Crippen molar-refractivity contribution in [2.24, 2.45) is 7.05 Å². The molecule has 3 aromatic heterocycles. The fourth-order valence-corrected chi connectivity index (χ4v) is 4.08. The lowest BCUT2D eigenvalue weighted by Gasteiger charge is -2.09. The first-order valence-electron chi connectivity index (χ1n) is 11.5. The molecule has 4 aromatic rings. The Kier molecular flexibility index (Phi) is 6.49. The summed E-state index contributed by atoms with van der Waals surface area (Å²) in [5.41, 5.74) is 2.46. The van der Waals surface area contributed by atoms with E-state index in [1.54, 1.807) is 17.8 Å². The summed E-state index contributed by atoms with van der Waals surface area (Å²) in [6, 6.07) is 9.48. The van der Waals surface area contributed by atoms with Crippen molar-refractivity contribution in [2.45, 2.75) is 53.1 Å². The largest absolute Gasteiger partial charge is 0.332 e. The number of carbonyl (C=O) groups excluding carboxylic acids is 1. The van der Waals surface area contributed by atoms with E-state index in [-0.39, 0.29) is 29.1 Å². The molecule has 4 rings (SSSR count). The molecule has 0 unspecified atom stereocenters. The zero-order valence-corrected chi connectivity index (χ0v) is 19.9. The van der Waals surface area contributed by atoms with Crippen molar-refractivity contribution in [3.8, 4) is 11.5 Å². The summed E-state index contributed by atoms with van der Waals surface area (Å²) >= 11 is 0. The van der Waals surface area contributed by atoms with E-state index in [1.807, 2.05) is 45.0 Å². The van der Waals surface area contributed by atoms with Crippen molar-refractivity contribution in [2.75, 3.05) is 5.32 Å². The molecule has 1 aromatic carbocycles. The number of hydrogen-bond acceptors (Lipinski definition) is 5. The fraction of sp³-hybridized carbons (Fsp3) is 0.375. The van der Waals surface area contributed by atoms with Crippen LogP contribution in [0.15, 0.2) is 39.9 Å². The lowest BCUT2D eigenvalue weighted by molar-refractivity contribution is -0.115. The molecule has 0 saturated heterocycles. The van der Waals surface area contributed by atoms with E-state index in [4.69, 9.17) is 0 Å². The smallest absolute Gasteiger partial charge is 0.331 e. The van der Waals surface area contributed by atoms with Crippen LogP contribution in [0.1, 0.15) is 37.8 Å². The Bertz CT molecular complexity index is 1470. The molecule has 0 radical (unpaired) electrons. The number of imidazole rings is 1. The van der Waals surface area contributed by atoms with Crippen LogP contribution in [0.5, 0.6) is 0 Å². The van der Waals surface area contributed by atoms with E-state index in [0.717, 1.165) is 17.5 Å². The van der Waals surface area contributed by atoms with E-state index < -0.39 is 0 Å². The number of nitrogens with one attached hydrogen (secondary N) is 2. The van der Waals surface area contributed by atoms with Gasteiger partial charge >= 0.3 is 5.69 Å². The summed E-state index contributed by atoms with van der Waals surface area (Å²) in [6.07, 6.45) is 1.63. The molecular formula is C24H29N7O3. The van der Waals surface area contributed by atoms with E-state index in [2.05, 4.69) is 20.4 Å². The van der Waals surface area contributed by atoms with Crippen molar-refractivity contribution in [3.63, 3.8) is 0 Å². The zero-order valence-electron chi connectivity index (χ0n) is 19.9. The molecule has 3 heterocycles. The second kappa shape index (κ2) is 9.50. The Balaban J connectivity index is 1.68. The van der Waals surface area contributed by atoms with Gasteiger partial charge in [0, 0.05) is 26.2 Å². The van der Waals surface area contributed by atoms with Crippen LogP contribution in [0.25, 0.3) is 22.7 Å². The fourth-order valence-electron chi connectivity index (χ4n) is 4.08. The molecule has 0 aliphatic rings. The van der Waals surface area contributed by atoms with Crippen molar-refractivity contribution in [3.05, 3.63) is 62.3 Å². The molecule has 0 atom stereocenters. The number of H-pyrrole nitrogens is 1. The first-order valence-corrected chi connectivity index (χ1v) is 11.5. The summed E-state index contributed by atoms with van der Waals surface area (Å²) in [5, 5.41) is 7.19. The van der Waals surface area contributed by atoms with Crippen LogP contribution in [-0.4, -0.2) is 34.8 Å². The average molecular weight is 464 g/mol. The van der Waals surface area contributed by atoms with Crippen LogP contribution in [-0.2, 0) is 31.4 Å². The molecule has 34 heavy (non-hydrogen) atoms. The third kappa shape index (κ3) is 4.43. The number of nitrogens with zero attached hydrogens (tertiary/aromatic N) is 5. The number of rotatable bonds is 8. The number of fused-ring (bicyclic) bond motifs is 1. The highest BCUT2D eigenvalue weighted by Crippen LogP contribution is 2.21. The highest BCUT2D eigenvalue weighted by atomic mass is 16.2. The number of benzene rings is 1. The first kappa shape index (κ1) is 23.2. The highest BCUT2D eigenvalue weighted by molar-refractivity contribution is 5.92. The van der Waals surface area contributed by atoms with Gasteiger partial charge < -0.3 is 10.3 Å². The summed E-state index contributed by atoms with van der Waals surface area (Å²) < 4.78 is 4.36. The Morgan fingerprint density at radius 2 is 1.82 bits per heavy atom. The third-order valence-corrected chi connectivity index (χ3v) is 5.59. The number of aromatic amines is 1. The topological polar surface area (TPSA) is 120 Å². The van der Waals surface area contributed by atoms with Crippen LogP contribution in [0.4, 0.5) is 5.82 Å². The summed E-state index contributed by atoms with van der Waals surface area (Å²) in [6.45, 7) is 6.66. The normalized spacial score (nSPS) is 11.3. The van der Waals surface area contributed by atoms with Crippen molar-refractivity contribution < 1.29 is 4.79 Å². The SMILES string of the molecule is CCCn1c(=O)c2[nH]c(-c3cc(NC(=O)Cc4cccc(C)c4)nn3C)nc2n(CCC)c1=O. The van der Waals surface area contributed by atoms with Gasteiger partial charge in [0.25, 0.3) is 5.56 Å². The predicted molar refractivity (Wildman–Crippen MR) is 131 cm³/mol. The molecule has 2 N–H and O–H groups in total. The van der Waals surface area contributed by atoms with Crippen LogP contribution in [0, 0.1) is 6.92 Å². The molecule has 10 nitrogen and oxygen atoms in total. The van der Waals surface area contributed by atoms with Gasteiger partial charge in [-0.25, -0.2) is 9.78 Å². The second-order valence-corrected chi connectivity index (χ2v) is 8.43. The Labute approximate surface area is 196 Å². The van der Waals surface area contributed by atoms with Gasteiger partial charge in [-0.3, -0.25) is 23.4 Å². The van der Waals surface area contributed by atoms with Crippen molar-refractivity contribution >= 4 is 22.9 Å². The number of carbonyl (C=O) groups is 1. The Hall–Kier alpha value is -3.95. The molecule has 10 heteroatoms. The molecule has 178 valence electrons. The summed E-state index contributed by atoms with van der Waals surface area (Å²) in [4.78, 5) is 46.1. The summed E-state index contributed by atoms with van der Waals surface area (Å²) in [7, 11) is 1.73. The maximum atomic E-state index is 13.0. The number of aromatic nitrogens is 6. The van der Waals surface area contributed by atoms with Crippen LogP contribution in [0.2, 0.25) is 0 Å². The molecule has 0 fully saturated rings. The molecule has 0 aliphatic heterocycles. The van der Waals surface area contributed by atoms with Crippen molar-refractivity contribution in [1.29, 1.82) is 0 Å². The van der Waals surface area contributed by atoms with E-state index >= 15 is 0 Å². The van der Waals surface area contributed by atoms with Gasteiger partial charge in [0.1, 0.15) is 11.2 Å². The lowest BCUT2D eigenvalue weighted by atomic mass is 10.1. The Morgan fingerprint density at radius 1 is 1.09 bits per heavy atom. The van der Waals surface area contributed by atoms with Gasteiger partial charge in [-0.05, 0) is 25.3 Å². The van der Waals surface area contributed by atoms with E-state index in [1.165, 1.54) is 9.13 Å². The standard InChI is InChI=1S/C24H29N7O3/c1-5-10-30-22-20(23(33)31(11-6-2)24(30)34)26-21(27-22)17-14-18(28-29(17)4)25-19(32)13-16-9-7-8-15(3)12-16/h7-9,12,14H,5-6,10-11,13H2,1-4H3,(H,26,27)(H,25,28,32). The summed E-state index contributed by atoms with van der Waals surface area (Å²) in [5.74, 6) is 0.601. The predicted octanol–water partition coefficient (Wildman–Crippen LogP) is 2.60. The van der Waals surface area contributed by atoms with Crippen LogP contribution in [0.3, 0.4) is 0 Å². The van der Waals surface area contributed by atoms with Gasteiger partial charge in [-0.2, -0.15) is 5.10 Å². The molecule has 0 bridgehead atoms. The molecule has 0 aliphatic carbocycles. The molecule has 0 spiro atoms. The first-order chi connectivity index (χ1) is 16.3. The highest BCUT2D eigenvalue weighted by Gasteiger charge is 2.19. The minimum Gasteiger partial charge on any atom is -0.331 e. The maximum absolute atomic E-state index is 13.0. The number of hydrogen-bond donors (Lipinski definition) is 2. The van der Waals surface area contributed by atoms with Crippen LogP contribution >= 0.6 is 0 Å². The Morgan fingerprint density at radius 3 is 2.53 bits per heavy atom. The monoisotopic (exact) mass is 463 g/mol. The lowest BCUT2D eigenvalue weighted by Crippen LogP contribution is -2.40. The average Bonchev–Trinajstić information content (AvgIpc) is 3.37. The van der Waals surface area contributed by atoms with Gasteiger partial charge in [-0.15, -0.1) is 0 Å². The van der Waals surface area contributed by atoms with Gasteiger partial charge in [0.2, 0.25) is 5.91 Å². The number of aryl methyl sites for hydroxylation is 3. The number of anilines is 1. The minimum absolute atomic E-state index is 0.181. The third-order valence-electron chi connectivity index (χ3n) is 5.59. The quantitative estimate of drug-likeness (QED) is 0.416. The van der Waals surface area contributed by atoms with Gasteiger partial charge in [-0.1, -0.05) is 43.7 Å². The molecule has 1 amide bonds. The maximum Gasteiger partial charge on any atom is 0.332 e. The second-order valence-electron chi connectivity index (χ2n) is 8.43. The van der Waals surface area contributed by atoms with Gasteiger partial charge in [0.05, 0.1) is 6.42 Å². The molecule has 0 saturated carbocycles. The van der Waals surface area contributed by atoms with E-state index in [0.29, 0.717) is 42.5 Å². The van der Waals surface area contributed by atoms with Gasteiger partial charge in [0.15, 0.2) is 17.3 Å². The van der Waals surface area contributed by atoms with Crippen molar-refractivity contribution in [1.82, 2.24) is 28.9 Å². The van der Waals surface area contributed by atoms with Crippen LogP contribution < -0.4 is 16.6 Å². The molecular weight excluding hydrogens is 434 g/mol.